The Morgan fingerprint density at radius 2 is 1.54 bits per heavy atom. The lowest BCUT2D eigenvalue weighted by molar-refractivity contribution is 0.718. The first-order chi connectivity index (χ1) is 16.9. The van der Waals surface area contributed by atoms with E-state index in [4.69, 9.17) is 10.1 Å². The predicted molar refractivity (Wildman–Crippen MR) is 146 cm³/mol. The van der Waals surface area contributed by atoms with E-state index in [2.05, 4.69) is 75.8 Å². The van der Waals surface area contributed by atoms with E-state index in [1.54, 1.807) is 0 Å². The number of aromatic nitrogens is 4. The van der Waals surface area contributed by atoms with Crippen LogP contribution >= 0.6 is 0 Å². The minimum atomic E-state index is 0.827. The second-order valence-corrected chi connectivity index (χ2v) is 9.72. The van der Waals surface area contributed by atoms with Crippen LogP contribution in [0.4, 0.5) is 0 Å². The molecule has 0 saturated carbocycles. The van der Waals surface area contributed by atoms with Crippen molar-refractivity contribution in [1.29, 1.82) is 0 Å². The molecule has 2 aliphatic rings. The third-order valence-corrected chi connectivity index (χ3v) is 7.81. The van der Waals surface area contributed by atoms with Gasteiger partial charge >= 0.3 is 0 Å². The molecule has 3 aromatic rings. The Labute approximate surface area is 208 Å². The molecule has 0 unspecified atom stereocenters. The standard InChI is InChI=1S/C30H37N5/c1-8-21-17(5)25-13-19-12-20(35(7)34-19)14-26-18(6)22(9-2)28(32-26)16-30-24(11-4)23(10-3)29(33-30)15-27(21)31-25/h12-13,15-16,32-33H,8-11,14H2,1-7H3/b25-13-,29-15-,30-16-. The van der Waals surface area contributed by atoms with E-state index in [-0.39, 0.29) is 0 Å². The number of allylic oxidation sites excluding steroid dienone is 2. The fraction of sp³-hybridized carbons (Fsp3) is 0.400. The van der Waals surface area contributed by atoms with E-state index in [1.165, 1.54) is 61.2 Å². The van der Waals surface area contributed by atoms with E-state index in [0.717, 1.165) is 49.2 Å². The van der Waals surface area contributed by atoms with Gasteiger partial charge in [0.05, 0.1) is 17.1 Å². The molecule has 0 fully saturated rings. The van der Waals surface area contributed by atoms with Gasteiger partial charge in [0.1, 0.15) is 0 Å². The van der Waals surface area contributed by atoms with E-state index in [0.29, 0.717) is 0 Å². The van der Waals surface area contributed by atoms with Crippen molar-refractivity contribution in [2.24, 2.45) is 12.0 Å². The Hall–Kier alpha value is -3.34. The molecule has 5 nitrogen and oxygen atoms in total. The van der Waals surface area contributed by atoms with Gasteiger partial charge in [-0.15, -0.1) is 0 Å². The highest BCUT2D eigenvalue weighted by atomic mass is 15.3. The maximum atomic E-state index is 5.09. The molecule has 0 saturated heterocycles. The molecule has 2 N–H and O–H groups in total. The van der Waals surface area contributed by atoms with Crippen LogP contribution in [0.15, 0.2) is 27.9 Å². The summed E-state index contributed by atoms with van der Waals surface area (Å²) >= 11 is 0. The number of fused-ring (bicyclic) bond motifs is 7. The Balaban J connectivity index is 1.86. The number of H-pyrrole nitrogens is 2. The van der Waals surface area contributed by atoms with Crippen LogP contribution in [0.25, 0.3) is 18.2 Å². The number of aryl methyl sites for hydroxylation is 1. The summed E-state index contributed by atoms with van der Waals surface area (Å²) in [6, 6.07) is 2.20. The second-order valence-electron chi connectivity index (χ2n) is 9.72. The van der Waals surface area contributed by atoms with Crippen LogP contribution in [0.2, 0.25) is 0 Å². The van der Waals surface area contributed by atoms with Gasteiger partial charge in [-0.3, -0.25) is 4.68 Å². The molecule has 0 atom stereocenters. The van der Waals surface area contributed by atoms with Crippen LogP contribution in [0.5, 0.6) is 0 Å². The Bertz CT molecular complexity index is 1530. The highest BCUT2D eigenvalue weighted by Gasteiger charge is 2.20. The number of rotatable bonds is 4. The number of hydrogen-bond donors (Lipinski definition) is 2. The monoisotopic (exact) mass is 467 g/mol. The molecule has 5 heterocycles. The lowest BCUT2D eigenvalue weighted by Gasteiger charge is -2.02. The molecule has 5 heteroatoms. The van der Waals surface area contributed by atoms with Gasteiger partial charge in [0.15, 0.2) is 0 Å². The van der Waals surface area contributed by atoms with Gasteiger partial charge in [-0.25, -0.2) is 4.99 Å². The second kappa shape index (κ2) is 9.03. The molecule has 0 aromatic carbocycles. The van der Waals surface area contributed by atoms with Crippen molar-refractivity contribution in [3.05, 3.63) is 78.6 Å². The van der Waals surface area contributed by atoms with Gasteiger partial charge in [-0.05, 0) is 97.2 Å². The van der Waals surface area contributed by atoms with Gasteiger partial charge in [-0.2, -0.15) is 5.10 Å². The summed E-state index contributed by atoms with van der Waals surface area (Å²) in [6.45, 7) is 13.4. The first-order valence-corrected chi connectivity index (χ1v) is 13.1. The molecule has 0 spiro atoms. The molecule has 0 amide bonds. The lowest BCUT2D eigenvalue weighted by atomic mass is 10.0. The number of nitrogens with one attached hydrogen (secondary N) is 2. The van der Waals surface area contributed by atoms with Gasteiger partial charge in [0, 0.05) is 41.2 Å². The van der Waals surface area contributed by atoms with Crippen LogP contribution in [-0.4, -0.2) is 25.5 Å². The largest absolute Gasteiger partial charge is 0.358 e. The zero-order valence-corrected chi connectivity index (χ0v) is 22.2. The van der Waals surface area contributed by atoms with Crippen molar-refractivity contribution in [1.82, 2.24) is 19.7 Å². The van der Waals surface area contributed by atoms with Crippen molar-refractivity contribution >= 4 is 23.9 Å². The van der Waals surface area contributed by atoms with Crippen LogP contribution < -0.4 is 10.7 Å². The van der Waals surface area contributed by atoms with Gasteiger partial charge < -0.3 is 9.97 Å². The Morgan fingerprint density at radius 3 is 2.20 bits per heavy atom. The summed E-state index contributed by atoms with van der Waals surface area (Å²) in [5, 5.41) is 7.20. The predicted octanol–water partition coefficient (Wildman–Crippen LogP) is 4.81. The fourth-order valence-corrected chi connectivity index (χ4v) is 5.85. The summed E-state index contributed by atoms with van der Waals surface area (Å²) in [6.07, 6.45) is 11.5. The fourth-order valence-electron chi connectivity index (χ4n) is 5.85. The minimum absolute atomic E-state index is 0.827. The summed E-state index contributed by atoms with van der Waals surface area (Å²) in [4.78, 5) is 12.7. The summed E-state index contributed by atoms with van der Waals surface area (Å²) in [5.74, 6) is 0. The summed E-state index contributed by atoms with van der Waals surface area (Å²) < 4.78 is 2.00. The smallest absolute Gasteiger partial charge is 0.0875 e. The van der Waals surface area contributed by atoms with Crippen LogP contribution in [-0.2, 0) is 32.7 Å². The molecular weight excluding hydrogens is 430 g/mol. The van der Waals surface area contributed by atoms with Gasteiger partial charge in [0.2, 0.25) is 0 Å². The number of nitrogens with zero attached hydrogens (tertiary/aromatic N) is 3. The molecule has 182 valence electrons. The molecule has 2 aliphatic heterocycles. The zero-order valence-electron chi connectivity index (χ0n) is 22.2. The van der Waals surface area contributed by atoms with Crippen LogP contribution in [0.1, 0.15) is 86.1 Å². The third-order valence-electron chi connectivity index (χ3n) is 7.81. The van der Waals surface area contributed by atoms with Gasteiger partial charge in [-0.1, -0.05) is 27.7 Å². The normalized spacial score (nSPS) is 18.6. The van der Waals surface area contributed by atoms with E-state index in [9.17, 15) is 0 Å². The molecular formula is C30H37N5. The number of aliphatic imine (C=N–C) groups is 1. The number of aromatic amines is 2. The van der Waals surface area contributed by atoms with Crippen LogP contribution in [0.3, 0.4) is 0 Å². The molecule has 3 aromatic heterocycles. The van der Waals surface area contributed by atoms with Crippen molar-refractivity contribution < 1.29 is 0 Å². The average molecular weight is 468 g/mol. The van der Waals surface area contributed by atoms with Crippen molar-refractivity contribution in [2.75, 3.05) is 0 Å². The van der Waals surface area contributed by atoms with E-state index < -0.39 is 0 Å². The van der Waals surface area contributed by atoms with Crippen LogP contribution in [0, 0.1) is 6.92 Å². The van der Waals surface area contributed by atoms with E-state index >= 15 is 0 Å². The Kier molecular flexibility index (Phi) is 6.04. The SMILES string of the molecule is CCC1=C(C)/C2=C/c3cc(n(C)n3)Cc3[nH]c(c(CC)c3C)/C=c3\[nH]/c(c(CC)c3CC)=C\C1=N2. The van der Waals surface area contributed by atoms with Gasteiger partial charge in [0.25, 0.3) is 0 Å². The molecule has 35 heavy (non-hydrogen) atoms. The zero-order chi connectivity index (χ0) is 24.9. The molecule has 5 rings (SSSR count). The highest BCUT2D eigenvalue weighted by molar-refractivity contribution is 6.23. The Morgan fingerprint density at radius 1 is 0.857 bits per heavy atom. The molecule has 0 aliphatic carbocycles. The topological polar surface area (TPSA) is 61.8 Å². The minimum Gasteiger partial charge on any atom is -0.358 e. The van der Waals surface area contributed by atoms with E-state index in [1.807, 2.05) is 11.7 Å². The summed E-state index contributed by atoms with van der Waals surface area (Å²) in [7, 11) is 2.04. The van der Waals surface area contributed by atoms with Crippen molar-refractivity contribution in [2.45, 2.75) is 73.6 Å². The van der Waals surface area contributed by atoms with Crippen molar-refractivity contribution in [3.63, 3.8) is 0 Å². The number of hydrogen-bond acceptors (Lipinski definition) is 2. The third kappa shape index (κ3) is 3.87. The molecule has 0 radical (unpaired) electrons. The van der Waals surface area contributed by atoms with Crippen molar-refractivity contribution in [3.8, 4) is 0 Å². The maximum Gasteiger partial charge on any atom is 0.0875 e. The lowest BCUT2D eigenvalue weighted by Crippen LogP contribution is -2.15. The first-order valence-electron chi connectivity index (χ1n) is 13.1. The quantitative estimate of drug-likeness (QED) is 0.568. The first kappa shape index (κ1) is 23.4. The maximum absolute atomic E-state index is 5.09. The molecule has 8 bridgehead atoms. The summed E-state index contributed by atoms with van der Waals surface area (Å²) in [5.41, 5.74) is 14.8. The average Bonchev–Trinajstić information content (AvgIpc) is 3.52. The highest BCUT2D eigenvalue weighted by Crippen LogP contribution is 2.30.